The number of hydrogen-bond acceptors (Lipinski definition) is 5. The third-order valence-corrected chi connectivity index (χ3v) is 5.64. The summed E-state index contributed by atoms with van der Waals surface area (Å²) in [5, 5.41) is 6.23. The van der Waals surface area contributed by atoms with Crippen molar-refractivity contribution in [2.75, 3.05) is 32.8 Å². The molecule has 2 atom stereocenters. The number of fused-ring (bicyclic) bond motifs is 1. The predicted octanol–water partition coefficient (Wildman–Crippen LogP) is 1.61. The molecule has 7 nitrogen and oxygen atoms in total. The van der Waals surface area contributed by atoms with Crippen molar-refractivity contribution in [2.45, 2.75) is 31.8 Å². The van der Waals surface area contributed by atoms with Gasteiger partial charge in [-0.05, 0) is 62.9 Å². The monoisotopic (exact) mass is 407 g/mol. The van der Waals surface area contributed by atoms with Gasteiger partial charge >= 0.3 is 0 Å². The van der Waals surface area contributed by atoms with Crippen LogP contribution < -0.4 is 10.6 Å². The van der Waals surface area contributed by atoms with E-state index in [4.69, 9.17) is 4.74 Å². The quantitative estimate of drug-likeness (QED) is 0.699. The molecule has 3 heterocycles. The summed E-state index contributed by atoms with van der Waals surface area (Å²) in [5.41, 5.74) is 1.09. The number of nitrogens with one attached hydrogen (secondary N) is 2. The Balaban J connectivity index is 0.00000225. The highest BCUT2D eigenvalue weighted by Gasteiger charge is 2.37. The zero-order chi connectivity index (χ0) is 18.8. The van der Waals surface area contributed by atoms with Gasteiger partial charge in [0.1, 0.15) is 0 Å². The van der Waals surface area contributed by atoms with Gasteiger partial charge in [-0.25, -0.2) is 0 Å². The molecule has 1 aromatic carbocycles. The number of benzene rings is 1. The fraction of sp³-hybridized carbons (Fsp3) is 0.550. The molecule has 152 valence electrons. The van der Waals surface area contributed by atoms with Gasteiger partial charge in [-0.3, -0.25) is 19.3 Å². The highest BCUT2D eigenvalue weighted by Crippen LogP contribution is 2.26. The second-order valence-electron chi connectivity index (χ2n) is 7.52. The third-order valence-electron chi connectivity index (χ3n) is 5.64. The van der Waals surface area contributed by atoms with Gasteiger partial charge in [0.05, 0.1) is 23.8 Å². The Morgan fingerprint density at radius 1 is 1.21 bits per heavy atom. The summed E-state index contributed by atoms with van der Waals surface area (Å²) < 4.78 is 5.54. The number of nitrogens with zero attached hydrogens (tertiary/aromatic N) is 1. The summed E-state index contributed by atoms with van der Waals surface area (Å²) in [6, 6.07) is 4.74. The Labute approximate surface area is 170 Å². The minimum Gasteiger partial charge on any atom is -0.376 e. The van der Waals surface area contributed by atoms with Crippen molar-refractivity contribution in [3.63, 3.8) is 0 Å². The number of halogens is 1. The molecule has 8 heteroatoms. The maximum atomic E-state index is 12.7. The molecule has 2 unspecified atom stereocenters. The van der Waals surface area contributed by atoms with Crippen LogP contribution >= 0.6 is 12.4 Å². The van der Waals surface area contributed by atoms with Crippen LogP contribution in [-0.4, -0.2) is 61.5 Å². The summed E-state index contributed by atoms with van der Waals surface area (Å²) in [6.07, 6.45) is 3.81. The van der Waals surface area contributed by atoms with Gasteiger partial charge in [0.15, 0.2) is 0 Å². The van der Waals surface area contributed by atoms with Gasteiger partial charge in [0.25, 0.3) is 17.7 Å². The minimum atomic E-state index is -0.336. The lowest BCUT2D eigenvalue weighted by molar-refractivity contribution is 0.0475. The largest absolute Gasteiger partial charge is 0.376 e. The summed E-state index contributed by atoms with van der Waals surface area (Å²) in [5.74, 6) is -0.235. The Hall–Kier alpha value is -1.96. The van der Waals surface area contributed by atoms with Crippen LogP contribution in [0, 0.1) is 5.92 Å². The summed E-state index contributed by atoms with van der Waals surface area (Å²) >= 11 is 0. The molecule has 2 N–H and O–H groups in total. The molecule has 2 saturated heterocycles. The first-order valence-corrected chi connectivity index (χ1v) is 9.74. The Bertz CT molecular complexity index is 758. The fourth-order valence-electron chi connectivity index (χ4n) is 4.04. The molecule has 4 rings (SSSR count). The van der Waals surface area contributed by atoms with Crippen LogP contribution in [-0.2, 0) is 4.74 Å². The second kappa shape index (κ2) is 9.03. The zero-order valence-corrected chi connectivity index (χ0v) is 16.6. The molecule has 0 radical (unpaired) electrons. The molecule has 3 amide bonds. The number of imide groups is 1. The van der Waals surface area contributed by atoms with Crippen molar-refractivity contribution in [3.8, 4) is 0 Å². The van der Waals surface area contributed by atoms with Crippen LogP contribution in [0.25, 0.3) is 0 Å². The molecule has 28 heavy (non-hydrogen) atoms. The molecular weight excluding hydrogens is 382 g/mol. The van der Waals surface area contributed by atoms with Crippen LogP contribution in [0.4, 0.5) is 0 Å². The van der Waals surface area contributed by atoms with Crippen molar-refractivity contribution < 1.29 is 19.1 Å². The zero-order valence-electron chi connectivity index (χ0n) is 15.7. The number of hydrogen-bond donors (Lipinski definition) is 2. The highest BCUT2D eigenvalue weighted by molar-refractivity contribution is 6.22. The summed E-state index contributed by atoms with van der Waals surface area (Å²) in [7, 11) is 0. The van der Waals surface area contributed by atoms with Crippen molar-refractivity contribution in [1.82, 2.24) is 15.5 Å². The molecule has 0 bridgehead atoms. The molecule has 0 spiro atoms. The second-order valence-corrected chi connectivity index (χ2v) is 7.52. The third kappa shape index (κ3) is 4.21. The van der Waals surface area contributed by atoms with Crippen LogP contribution in [0.2, 0.25) is 0 Å². The van der Waals surface area contributed by atoms with Gasteiger partial charge in [-0.15, -0.1) is 12.4 Å². The predicted molar refractivity (Wildman–Crippen MR) is 106 cm³/mol. The van der Waals surface area contributed by atoms with E-state index < -0.39 is 0 Å². The molecule has 3 aliphatic heterocycles. The maximum absolute atomic E-state index is 12.7. The number of rotatable bonds is 6. The van der Waals surface area contributed by atoms with E-state index >= 15 is 0 Å². The first-order chi connectivity index (χ1) is 13.1. The molecule has 0 aromatic heterocycles. The number of carbonyl (C=O) groups is 3. The lowest BCUT2D eigenvalue weighted by Gasteiger charge is -2.17. The van der Waals surface area contributed by atoms with Crippen molar-refractivity contribution in [1.29, 1.82) is 0 Å². The first kappa shape index (κ1) is 20.8. The number of carbonyl (C=O) groups excluding carboxylic acids is 3. The van der Waals surface area contributed by atoms with Crippen LogP contribution in [0.5, 0.6) is 0 Å². The van der Waals surface area contributed by atoms with E-state index in [0.717, 1.165) is 38.8 Å². The van der Waals surface area contributed by atoms with Gasteiger partial charge in [-0.1, -0.05) is 0 Å². The van der Waals surface area contributed by atoms with Gasteiger partial charge in [-0.2, -0.15) is 0 Å². The topological polar surface area (TPSA) is 87.7 Å². The van der Waals surface area contributed by atoms with Gasteiger partial charge in [0.2, 0.25) is 0 Å². The van der Waals surface area contributed by atoms with E-state index in [9.17, 15) is 14.4 Å². The summed E-state index contributed by atoms with van der Waals surface area (Å²) in [4.78, 5) is 38.9. The molecular formula is C20H26ClN3O4. The van der Waals surface area contributed by atoms with Crippen LogP contribution in [0.1, 0.15) is 56.8 Å². The first-order valence-electron chi connectivity index (χ1n) is 9.74. The van der Waals surface area contributed by atoms with E-state index in [1.807, 2.05) is 0 Å². The standard InChI is InChI=1S/C20H25N3O4.ClH/c24-18(22-8-6-13-5-7-21-11-13)14-3-4-16-17(10-14)20(26)23(19(16)25)12-15-2-1-9-27-15;/h3-4,10,13,15,21H,1-2,5-9,11-12H2,(H,22,24);1H. The molecule has 2 fully saturated rings. The van der Waals surface area contributed by atoms with Crippen LogP contribution in [0.15, 0.2) is 18.2 Å². The fourth-order valence-corrected chi connectivity index (χ4v) is 4.04. The Kier molecular flexibility index (Phi) is 6.69. The lowest BCUT2D eigenvalue weighted by atomic mass is 10.0. The van der Waals surface area contributed by atoms with Crippen molar-refractivity contribution in [3.05, 3.63) is 34.9 Å². The minimum absolute atomic E-state index is 0. The average Bonchev–Trinajstić information content (AvgIpc) is 3.41. The normalized spacial score (nSPS) is 23.6. The highest BCUT2D eigenvalue weighted by atomic mass is 35.5. The lowest BCUT2D eigenvalue weighted by Crippen LogP contribution is -2.36. The van der Waals surface area contributed by atoms with Gasteiger partial charge < -0.3 is 15.4 Å². The van der Waals surface area contributed by atoms with E-state index in [-0.39, 0.29) is 42.8 Å². The smallest absolute Gasteiger partial charge is 0.261 e. The van der Waals surface area contributed by atoms with E-state index in [1.54, 1.807) is 12.1 Å². The van der Waals surface area contributed by atoms with E-state index in [1.165, 1.54) is 11.0 Å². The Morgan fingerprint density at radius 2 is 2.04 bits per heavy atom. The van der Waals surface area contributed by atoms with E-state index in [2.05, 4.69) is 10.6 Å². The van der Waals surface area contributed by atoms with Crippen molar-refractivity contribution in [2.24, 2.45) is 5.92 Å². The molecule has 3 aliphatic rings. The molecule has 0 aliphatic carbocycles. The summed E-state index contributed by atoms with van der Waals surface area (Å²) in [6.45, 7) is 3.62. The molecule has 1 aromatic rings. The SMILES string of the molecule is Cl.O=C(NCCC1CCNC1)c1ccc2c(c1)C(=O)N(CC1CCCO1)C2=O. The maximum Gasteiger partial charge on any atom is 0.261 e. The average molecular weight is 408 g/mol. The molecule has 0 saturated carbocycles. The Morgan fingerprint density at radius 3 is 2.75 bits per heavy atom. The number of amides is 3. The van der Waals surface area contributed by atoms with Gasteiger partial charge in [0, 0.05) is 18.7 Å². The van der Waals surface area contributed by atoms with Crippen LogP contribution in [0.3, 0.4) is 0 Å². The number of ether oxygens (including phenoxy) is 1. The van der Waals surface area contributed by atoms with E-state index in [0.29, 0.717) is 35.8 Å². The van der Waals surface area contributed by atoms with Crippen molar-refractivity contribution >= 4 is 30.1 Å².